The number of thiazole rings is 1. The lowest BCUT2D eigenvalue weighted by atomic mass is 10.1. The average Bonchev–Trinajstić information content (AvgIpc) is 3.14. The minimum absolute atomic E-state index is 0.0682. The van der Waals surface area contributed by atoms with Crippen molar-refractivity contribution in [3.8, 4) is 0 Å². The molecule has 2 atom stereocenters. The van der Waals surface area contributed by atoms with Crippen molar-refractivity contribution in [3.05, 3.63) is 46.1 Å². The molecule has 1 aromatic carbocycles. The Morgan fingerprint density at radius 2 is 2.16 bits per heavy atom. The van der Waals surface area contributed by atoms with Gasteiger partial charge in [-0.3, -0.25) is 5.32 Å². The lowest BCUT2D eigenvalue weighted by molar-refractivity contribution is 0.0954. The Bertz CT molecular complexity index is 1130. The van der Waals surface area contributed by atoms with Crippen molar-refractivity contribution in [1.82, 2.24) is 14.9 Å². The van der Waals surface area contributed by atoms with Crippen LogP contribution >= 0.6 is 34.5 Å². The number of hydrogen-bond acceptors (Lipinski definition) is 7. The molecule has 1 aliphatic heterocycles. The molecule has 11 heteroatoms. The molecule has 0 spiro atoms. The quantitative estimate of drug-likeness (QED) is 0.499. The van der Waals surface area contributed by atoms with Crippen LogP contribution in [0.2, 0.25) is 10.0 Å². The minimum Gasteiger partial charge on any atom is -0.394 e. The van der Waals surface area contributed by atoms with Gasteiger partial charge in [-0.15, -0.1) is 0 Å². The van der Waals surface area contributed by atoms with Crippen LogP contribution in [0.15, 0.2) is 30.5 Å². The number of urea groups is 1. The fourth-order valence-electron chi connectivity index (χ4n) is 3.72. The van der Waals surface area contributed by atoms with Crippen LogP contribution in [-0.2, 0) is 6.42 Å². The Hall–Kier alpha value is -2.17. The van der Waals surface area contributed by atoms with Crippen LogP contribution in [-0.4, -0.2) is 69.5 Å². The van der Waals surface area contributed by atoms with E-state index in [1.54, 1.807) is 23.2 Å². The summed E-state index contributed by atoms with van der Waals surface area (Å²) in [5.74, 6) is 0.642. The van der Waals surface area contributed by atoms with E-state index in [1.807, 2.05) is 24.0 Å². The number of nitrogens with zero attached hydrogens (tertiary/aromatic N) is 4. The van der Waals surface area contributed by atoms with Crippen LogP contribution in [0.5, 0.6) is 0 Å². The van der Waals surface area contributed by atoms with Crippen LogP contribution in [0.1, 0.15) is 12.5 Å². The number of anilines is 2. The van der Waals surface area contributed by atoms with E-state index in [1.165, 1.54) is 11.3 Å². The molecule has 1 aliphatic rings. The molecule has 3 aromatic rings. The summed E-state index contributed by atoms with van der Waals surface area (Å²) in [4.78, 5) is 25.6. The van der Waals surface area contributed by atoms with Gasteiger partial charge in [0.15, 0.2) is 5.13 Å². The van der Waals surface area contributed by atoms with Crippen LogP contribution in [0.4, 0.5) is 15.7 Å². The second kappa shape index (κ2) is 9.76. The van der Waals surface area contributed by atoms with Crippen molar-refractivity contribution in [2.75, 3.05) is 36.5 Å². The standard InChI is InChI=1S/C21H23Cl2N5O3S/c1-12-10-27(19-16(23)7-13(9-24-19)6-15(30)11-29)4-5-28(12)21(31)26-20-25-17-3-2-14(22)8-18(17)32-20/h2-3,7-9,12,15,29-30H,4-6,10-11H2,1H3,(H,25,26,31)/t12-,15+/m0/s1. The number of hydrogen-bond donors (Lipinski definition) is 3. The Morgan fingerprint density at radius 3 is 2.88 bits per heavy atom. The average molecular weight is 496 g/mol. The monoisotopic (exact) mass is 495 g/mol. The highest BCUT2D eigenvalue weighted by atomic mass is 35.5. The molecule has 1 saturated heterocycles. The van der Waals surface area contributed by atoms with Gasteiger partial charge in [0.25, 0.3) is 0 Å². The maximum absolute atomic E-state index is 12.9. The third-order valence-electron chi connectivity index (χ3n) is 5.31. The van der Waals surface area contributed by atoms with Crippen LogP contribution in [0.25, 0.3) is 10.2 Å². The number of aromatic nitrogens is 2. The zero-order valence-corrected chi connectivity index (χ0v) is 19.7. The molecule has 0 aliphatic carbocycles. The molecule has 0 bridgehead atoms. The van der Waals surface area contributed by atoms with E-state index in [9.17, 15) is 9.90 Å². The van der Waals surface area contributed by atoms with Gasteiger partial charge in [0.05, 0.1) is 28.0 Å². The number of nitrogens with one attached hydrogen (secondary N) is 1. The van der Waals surface area contributed by atoms with Gasteiger partial charge < -0.3 is 20.0 Å². The number of fused-ring (bicyclic) bond motifs is 1. The highest BCUT2D eigenvalue weighted by molar-refractivity contribution is 7.22. The van der Waals surface area contributed by atoms with E-state index in [0.29, 0.717) is 40.6 Å². The molecule has 4 rings (SSSR count). The highest BCUT2D eigenvalue weighted by Gasteiger charge is 2.29. The van der Waals surface area contributed by atoms with Crippen molar-refractivity contribution < 1.29 is 15.0 Å². The number of benzene rings is 1. The van der Waals surface area contributed by atoms with E-state index < -0.39 is 6.10 Å². The van der Waals surface area contributed by atoms with Crippen molar-refractivity contribution in [1.29, 1.82) is 0 Å². The maximum atomic E-state index is 12.9. The number of amides is 2. The molecular weight excluding hydrogens is 473 g/mol. The topological polar surface area (TPSA) is 102 Å². The molecule has 32 heavy (non-hydrogen) atoms. The number of piperazine rings is 1. The van der Waals surface area contributed by atoms with Gasteiger partial charge in [-0.25, -0.2) is 14.8 Å². The number of aliphatic hydroxyl groups is 2. The van der Waals surface area contributed by atoms with Gasteiger partial charge in [-0.1, -0.05) is 34.5 Å². The Labute approximate surface area is 199 Å². The second-order valence-electron chi connectivity index (χ2n) is 7.74. The normalized spacial score (nSPS) is 17.6. The van der Waals surface area contributed by atoms with Crippen molar-refractivity contribution in [3.63, 3.8) is 0 Å². The van der Waals surface area contributed by atoms with Gasteiger partial charge in [0.1, 0.15) is 5.82 Å². The summed E-state index contributed by atoms with van der Waals surface area (Å²) in [5, 5.41) is 23.2. The molecule has 0 saturated carbocycles. The highest BCUT2D eigenvalue weighted by Crippen LogP contribution is 2.30. The molecule has 8 nitrogen and oxygen atoms in total. The molecule has 170 valence electrons. The Morgan fingerprint density at radius 1 is 1.34 bits per heavy atom. The van der Waals surface area contributed by atoms with Crippen molar-refractivity contribution in [2.24, 2.45) is 0 Å². The van der Waals surface area contributed by atoms with Crippen molar-refractivity contribution in [2.45, 2.75) is 25.5 Å². The lowest BCUT2D eigenvalue weighted by Crippen LogP contribution is -2.55. The minimum atomic E-state index is -0.840. The Balaban J connectivity index is 1.39. The lowest BCUT2D eigenvalue weighted by Gasteiger charge is -2.40. The maximum Gasteiger partial charge on any atom is 0.324 e. The molecule has 2 aromatic heterocycles. The first kappa shape index (κ1) is 23.0. The molecule has 3 heterocycles. The summed E-state index contributed by atoms with van der Waals surface area (Å²) in [6.45, 7) is 3.33. The Kier molecular flexibility index (Phi) is 7.02. The second-order valence-corrected chi connectivity index (χ2v) is 9.61. The van der Waals surface area contributed by atoms with E-state index in [-0.39, 0.29) is 25.1 Å². The summed E-state index contributed by atoms with van der Waals surface area (Å²) < 4.78 is 0.918. The first-order chi connectivity index (χ1) is 15.3. The van der Waals surface area contributed by atoms with Gasteiger partial charge in [0.2, 0.25) is 0 Å². The van der Waals surface area contributed by atoms with Crippen LogP contribution in [0.3, 0.4) is 0 Å². The molecule has 3 N–H and O–H groups in total. The number of halogens is 2. The zero-order valence-electron chi connectivity index (χ0n) is 17.3. The van der Waals surface area contributed by atoms with Crippen LogP contribution in [0, 0.1) is 0 Å². The smallest absolute Gasteiger partial charge is 0.324 e. The van der Waals surface area contributed by atoms with E-state index in [4.69, 9.17) is 28.3 Å². The zero-order chi connectivity index (χ0) is 22.8. The largest absolute Gasteiger partial charge is 0.394 e. The first-order valence-corrected chi connectivity index (χ1v) is 11.7. The van der Waals surface area contributed by atoms with Crippen LogP contribution < -0.4 is 10.2 Å². The SMILES string of the molecule is C[C@H]1CN(c2ncc(C[C@@H](O)CO)cc2Cl)CCN1C(=O)Nc1nc2ccc(Cl)cc2s1. The predicted molar refractivity (Wildman–Crippen MR) is 128 cm³/mol. The van der Waals surface area contributed by atoms with E-state index in [0.717, 1.165) is 15.8 Å². The van der Waals surface area contributed by atoms with E-state index in [2.05, 4.69) is 15.3 Å². The van der Waals surface area contributed by atoms with Gasteiger partial charge in [-0.2, -0.15) is 0 Å². The summed E-state index contributed by atoms with van der Waals surface area (Å²) in [5.41, 5.74) is 1.55. The van der Waals surface area contributed by atoms with Gasteiger partial charge >= 0.3 is 6.03 Å². The molecule has 1 fully saturated rings. The molecule has 2 amide bonds. The summed E-state index contributed by atoms with van der Waals surface area (Å²) in [7, 11) is 0. The fraction of sp³-hybridized carbons (Fsp3) is 0.381. The third kappa shape index (κ3) is 5.07. The summed E-state index contributed by atoms with van der Waals surface area (Å²) in [6.07, 6.45) is 1.10. The first-order valence-electron chi connectivity index (χ1n) is 10.2. The predicted octanol–water partition coefficient (Wildman–Crippen LogP) is 3.64. The summed E-state index contributed by atoms with van der Waals surface area (Å²) >= 11 is 13.9. The van der Waals surface area contributed by atoms with Gasteiger partial charge in [-0.05, 0) is 36.8 Å². The van der Waals surface area contributed by atoms with Crippen molar-refractivity contribution >= 4 is 61.7 Å². The number of rotatable bonds is 5. The number of pyridine rings is 1. The van der Waals surface area contributed by atoms with Gasteiger partial charge in [0, 0.05) is 43.3 Å². The third-order valence-corrected chi connectivity index (χ3v) is 6.76. The number of aliphatic hydroxyl groups excluding tert-OH is 2. The number of carbonyl (C=O) groups is 1. The fourth-order valence-corrected chi connectivity index (χ4v) is 5.16. The molecular formula is C21H23Cl2N5O3S. The summed E-state index contributed by atoms with van der Waals surface area (Å²) in [6, 6.07) is 6.93. The van der Waals surface area contributed by atoms with E-state index >= 15 is 0 Å². The number of carbonyl (C=O) groups excluding carboxylic acids is 1. The molecule has 0 radical (unpaired) electrons. The molecule has 0 unspecified atom stereocenters.